The van der Waals surface area contributed by atoms with Gasteiger partial charge in [-0.25, -0.2) is 4.98 Å². The van der Waals surface area contributed by atoms with Gasteiger partial charge in [-0.15, -0.1) is 0 Å². The van der Waals surface area contributed by atoms with E-state index in [1.807, 2.05) is 6.07 Å². The molecule has 0 aliphatic heterocycles. The second-order valence-electron chi connectivity index (χ2n) is 5.24. The third-order valence-electron chi connectivity index (χ3n) is 3.60. The van der Waals surface area contributed by atoms with Gasteiger partial charge in [-0.1, -0.05) is 6.07 Å². The van der Waals surface area contributed by atoms with Crippen LogP contribution in [0.25, 0.3) is 22.6 Å². The minimum absolute atomic E-state index is 0.501. The van der Waals surface area contributed by atoms with Gasteiger partial charge in [0.25, 0.3) is 0 Å². The molecule has 3 N–H and O–H groups in total. The monoisotopic (exact) mass is 253 g/mol. The largest absolute Gasteiger partial charge is 0.382 e. The number of fused-ring (bicyclic) bond motifs is 1. The molecule has 1 saturated carbocycles. The van der Waals surface area contributed by atoms with E-state index in [0.717, 1.165) is 17.0 Å². The topological polar surface area (TPSA) is 72.5 Å². The van der Waals surface area contributed by atoms with Crippen LogP contribution in [-0.2, 0) is 0 Å². The number of rotatable bonds is 2. The smallest absolute Gasteiger partial charge is 0.159 e. The van der Waals surface area contributed by atoms with E-state index in [2.05, 4.69) is 39.9 Å². The summed E-state index contributed by atoms with van der Waals surface area (Å²) in [5, 5.41) is 6.96. The molecule has 0 bridgehead atoms. The maximum atomic E-state index is 5.70. The first-order chi connectivity index (χ1) is 9.22. The Balaban J connectivity index is 2.01. The van der Waals surface area contributed by atoms with E-state index in [1.165, 1.54) is 23.9 Å². The lowest BCUT2D eigenvalue weighted by Crippen LogP contribution is -1.97. The Hall–Kier alpha value is -2.30. The lowest BCUT2D eigenvalue weighted by molar-refractivity contribution is 0.771. The zero-order valence-electron chi connectivity index (χ0n) is 10.7. The van der Waals surface area contributed by atoms with Crippen LogP contribution in [0.5, 0.6) is 0 Å². The molecular weight excluding hydrogens is 238 g/mol. The van der Waals surface area contributed by atoms with E-state index < -0.39 is 0 Å². The van der Waals surface area contributed by atoms with Gasteiger partial charge >= 0.3 is 0 Å². The number of benzene rings is 1. The van der Waals surface area contributed by atoms with Gasteiger partial charge in [0, 0.05) is 12.1 Å². The molecule has 2 heterocycles. The fraction of sp³-hybridized carbons (Fsp3) is 0.286. The van der Waals surface area contributed by atoms with Crippen molar-refractivity contribution < 1.29 is 0 Å². The van der Waals surface area contributed by atoms with Gasteiger partial charge in [0.05, 0.1) is 11.0 Å². The van der Waals surface area contributed by atoms with Crippen molar-refractivity contribution in [1.29, 1.82) is 0 Å². The van der Waals surface area contributed by atoms with Crippen LogP contribution in [0, 0.1) is 6.92 Å². The summed E-state index contributed by atoms with van der Waals surface area (Å²) in [7, 11) is 0. The van der Waals surface area contributed by atoms with Crippen molar-refractivity contribution in [3.05, 3.63) is 29.8 Å². The molecule has 1 fully saturated rings. The van der Waals surface area contributed by atoms with Crippen LogP contribution in [0.15, 0.2) is 24.3 Å². The zero-order valence-corrected chi connectivity index (χ0v) is 10.7. The molecule has 0 spiro atoms. The van der Waals surface area contributed by atoms with Crippen molar-refractivity contribution in [2.24, 2.45) is 0 Å². The SMILES string of the molecule is Cc1ccc2c(c1)nc(-c1cc(N)n[nH]1)n2C1CC1. The molecule has 19 heavy (non-hydrogen) atoms. The van der Waals surface area contributed by atoms with E-state index in [9.17, 15) is 0 Å². The number of nitrogen functional groups attached to an aromatic ring is 1. The summed E-state index contributed by atoms with van der Waals surface area (Å²) < 4.78 is 2.31. The summed E-state index contributed by atoms with van der Waals surface area (Å²) in [6.07, 6.45) is 2.44. The quantitative estimate of drug-likeness (QED) is 0.737. The standard InChI is InChI=1S/C14H15N5/c1-8-2-5-12-10(6-8)16-14(19(12)9-3-4-9)11-7-13(15)18-17-11/h2,5-7,9H,3-4H2,1H3,(H3,15,17,18). The van der Waals surface area contributed by atoms with Crippen molar-refractivity contribution in [3.63, 3.8) is 0 Å². The highest BCUT2D eigenvalue weighted by Crippen LogP contribution is 2.41. The Labute approximate surface area is 110 Å². The van der Waals surface area contributed by atoms with E-state index in [-0.39, 0.29) is 0 Å². The van der Waals surface area contributed by atoms with Crippen molar-refractivity contribution >= 4 is 16.9 Å². The second kappa shape index (κ2) is 3.60. The molecule has 0 radical (unpaired) electrons. The van der Waals surface area contributed by atoms with E-state index in [4.69, 9.17) is 10.7 Å². The Morgan fingerprint density at radius 1 is 1.32 bits per heavy atom. The van der Waals surface area contributed by atoms with Crippen molar-refractivity contribution in [3.8, 4) is 11.5 Å². The van der Waals surface area contributed by atoms with Crippen LogP contribution >= 0.6 is 0 Å². The van der Waals surface area contributed by atoms with Crippen LogP contribution < -0.4 is 5.73 Å². The van der Waals surface area contributed by atoms with Gasteiger partial charge in [-0.2, -0.15) is 5.10 Å². The fourth-order valence-electron chi connectivity index (χ4n) is 2.55. The Kier molecular flexibility index (Phi) is 2.01. The Morgan fingerprint density at radius 2 is 2.16 bits per heavy atom. The van der Waals surface area contributed by atoms with E-state index >= 15 is 0 Å². The molecule has 1 aliphatic rings. The molecule has 2 aromatic heterocycles. The maximum Gasteiger partial charge on any atom is 0.159 e. The van der Waals surface area contributed by atoms with Crippen LogP contribution in [-0.4, -0.2) is 19.7 Å². The normalized spacial score (nSPS) is 15.2. The number of aromatic amines is 1. The van der Waals surface area contributed by atoms with Crippen molar-refractivity contribution in [2.45, 2.75) is 25.8 Å². The van der Waals surface area contributed by atoms with Crippen LogP contribution in [0.3, 0.4) is 0 Å². The van der Waals surface area contributed by atoms with E-state index in [0.29, 0.717) is 11.9 Å². The predicted molar refractivity (Wildman–Crippen MR) is 74.7 cm³/mol. The molecular formula is C14H15N5. The first-order valence-electron chi connectivity index (χ1n) is 6.52. The highest BCUT2D eigenvalue weighted by atomic mass is 15.2. The van der Waals surface area contributed by atoms with Gasteiger partial charge in [0.1, 0.15) is 11.5 Å². The second-order valence-corrected chi connectivity index (χ2v) is 5.24. The van der Waals surface area contributed by atoms with Gasteiger partial charge in [0.15, 0.2) is 5.82 Å². The van der Waals surface area contributed by atoms with Gasteiger partial charge in [-0.3, -0.25) is 5.10 Å². The van der Waals surface area contributed by atoms with Crippen LogP contribution in [0.1, 0.15) is 24.4 Å². The summed E-state index contributed by atoms with van der Waals surface area (Å²) in [5.74, 6) is 1.44. The molecule has 1 aromatic carbocycles. The average Bonchev–Trinajstić information content (AvgIpc) is 3.02. The number of aryl methyl sites for hydroxylation is 1. The number of nitrogens with one attached hydrogen (secondary N) is 1. The zero-order chi connectivity index (χ0) is 13.0. The summed E-state index contributed by atoms with van der Waals surface area (Å²) in [4.78, 5) is 4.75. The summed E-state index contributed by atoms with van der Waals surface area (Å²) in [5.41, 5.74) is 10.0. The number of imidazole rings is 1. The minimum atomic E-state index is 0.501. The number of aromatic nitrogens is 4. The summed E-state index contributed by atoms with van der Waals surface area (Å²) >= 11 is 0. The summed E-state index contributed by atoms with van der Waals surface area (Å²) in [6, 6.07) is 8.81. The number of hydrogen-bond donors (Lipinski definition) is 2. The number of anilines is 1. The molecule has 0 saturated heterocycles. The first kappa shape index (κ1) is 10.6. The molecule has 0 atom stereocenters. The van der Waals surface area contributed by atoms with Gasteiger partial charge in [-0.05, 0) is 37.5 Å². The third-order valence-corrected chi connectivity index (χ3v) is 3.60. The molecule has 0 unspecified atom stereocenters. The maximum absolute atomic E-state index is 5.70. The lowest BCUT2D eigenvalue weighted by atomic mass is 10.2. The molecule has 3 aromatic rings. The Morgan fingerprint density at radius 3 is 2.84 bits per heavy atom. The van der Waals surface area contributed by atoms with Crippen LogP contribution in [0.4, 0.5) is 5.82 Å². The van der Waals surface area contributed by atoms with Crippen molar-refractivity contribution in [1.82, 2.24) is 19.7 Å². The number of hydrogen-bond acceptors (Lipinski definition) is 3. The Bertz CT molecular complexity index is 763. The predicted octanol–water partition coefficient (Wildman–Crippen LogP) is 2.65. The molecule has 1 aliphatic carbocycles. The van der Waals surface area contributed by atoms with E-state index in [1.54, 1.807) is 0 Å². The number of nitrogens with zero attached hydrogens (tertiary/aromatic N) is 3. The first-order valence-corrected chi connectivity index (χ1v) is 6.52. The molecule has 96 valence electrons. The lowest BCUT2D eigenvalue weighted by Gasteiger charge is -2.05. The van der Waals surface area contributed by atoms with Gasteiger partial charge < -0.3 is 10.3 Å². The molecule has 0 amide bonds. The fourth-order valence-corrected chi connectivity index (χ4v) is 2.55. The van der Waals surface area contributed by atoms with Crippen molar-refractivity contribution in [2.75, 3.05) is 5.73 Å². The average molecular weight is 253 g/mol. The highest BCUT2D eigenvalue weighted by molar-refractivity contribution is 5.81. The van der Waals surface area contributed by atoms with Crippen LogP contribution in [0.2, 0.25) is 0 Å². The number of H-pyrrole nitrogens is 1. The molecule has 4 rings (SSSR count). The third kappa shape index (κ3) is 1.62. The summed E-state index contributed by atoms with van der Waals surface area (Å²) in [6.45, 7) is 2.09. The highest BCUT2D eigenvalue weighted by Gasteiger charge is 2.29. The molecule has 5 heteroatoms. The minimum Gasteiger partial charge on any atom is -0.382 e. The van der Waals surface area contributed by atoms with Gasteiger partial charge in [0.2, 0.25) is 0 Å². The molecule has 5 nitrogen and oxygen atoms in total. The number of nitrogens with two attached hydrogens (primary N) is 1.